The van der Waals surface area contributed by atoms with Gasteiger partial charge in [-0.15, -0.1) is 11.3 Å². The van der Waals surface area contributed by atoms with Gasteiger partial charge in [0.05, 0.1) is 10.8 Å². The molecule has 1 aliphatic rings. The molecule has 1 aromatic carbocycles. The summed E-state index contributed by atoms with van der Waals surface area (Å²) in [6, 6.07) is 10.2. The normalized spacial score (nSPS) is 19.6. The molecule has 2 amide bonds. The van der Waals surface area contributed by atoms with E-state index in [9.17, 15) is 19.5 Å². The van der Waals surface area contributed by atoms with E-state index in [1.165, 1.54) is 11.3 Å². The topological polar surface area (TPSA) is 86.7 Å². The first kappa shape index (κ1) is 17.2. The van der Waals surface area contributed by atoms with E-state index in [1.54, 1.807) is 41.3 Å². The van der Waals surface area contributed by atoms with E-state index in [2.05, 4.69) is 5.32 Å². The maximum absolute atomic E-state index is 12.6. The number of aliphatic carboxylic acids is 1. The molecule has 1 aliphatic heterocycles. The van der Waals surface area contributed by atoms with Crippen LogP contribution in [0.5, 0.6) is 0 Å². The van der Waals surface area contributed by atoms with Gasteiger partial charge in [-0.2, -0.15) is 0 Å². The van der Waals surface area contributed by atoms with Crippen molar-refractivity contribution in [3.63, 3.8) is 0 Å². The number of carboxylic acids is 1. The van der Waals surface area contributed by atoms with Crippen LogP contribution < -0.4 is 5.32 Å². The number of likely N-dealkylation sites (tertiary alicyclic amines) is 1. The zero-order valence-corrected chi connectivity index (χ0v) is 14.5. The van der Waals surface area contributed by atoms with Crippen molar-refractivity contribution in [1.82, 2.24) is 4.90 Å². The van der Waals surface area contributed by atoms with Crippen molar-refractivity contribution in [1.29, 1.82) is 0 Å². The fourth-order valence-corrected chi connectivity index (χ4v) is 3.59. The Bertz CT molecular complexity index is 803. The molecule has 130 valence electrons. The van der Waals surface area contributed by atoms with Gasteiger partial charge in [-0.1, -0.05) is 19.1 Å². The first-order chi connectivity index (χ1) is 12.0. The maximum Gasteiger partial charge on any atom is 0.308 e. The lowest BCUT2D eigenvalue weighted by Crippen LogP contribution is -2.30. The van der Waals surface area contributed by atoms with Crippen LogP contribution in [0, 0.1) is 11.8 Å². The molecule has 2 aromatic rings. The predicted molar refractivity (Wildman–Crippen MR) is 94.9 cm³/mol. The zero-order chi connectivity index (χ0) is 18.0. The van der Waals surface area contributed by atoms with Gasteiger partial charge in [0.25, 0.3) is 11.8 Å². The third-order valence-corrected chi connectivity index (χ3v) is 5.20. The van der Waals surface area contributed by atoms with Gasteiger partial charge < -0.3 is 15.3 Å². The molecule has 25 heavy (non-hydrogen) atoms. The van der Waals surface area contributed by atoms with Crippen LogP contribution in [-0.2, 0) is 4.79 Å². The molecule has 2 N–H and O–H groups in total. The van der Waals surface area contributed by atoms with E-state index in [4.69, 9.17) is 0 Å². The summed E-state index contributed by atoms with van der Waals surface area (Å²) >= 11 is 1.34. The van der Waals surface area contributed by atoms with E-state index in [0.717, 1.165) is 0 Å². The Balaban J connectivity index is 1.72. The Labute approximate surface area is 149 Å². The summed E-state index contributed by atoms with van der Waals surface area (Å²) in [5, 5.41) is 13.8. The third kappa shape index (κ3) is 3.71. The summed E-state index contributed by atoms with van der Waals surface area (Å²) in [7, 11) is 0. The van der Waals surface area contributed by atoms with Crippen LogP contribution in [0.3, 0.4) is 0 Å². The van der Waals surface area contributed by atoms with Crippen molar-refractivity contribution in [2.45, 2.75) is 6.92 Å². The van der Waals surface area contributed by atoms with Crippen molar-refractivity contribution in [3.05, 3.63) is 52.2 Å². The number of carboxylic acid groups (broad SMARTS) is 1. The molecule has 0 bridgehead atoms. The minimum absolute atomic E-state index is 0.0804. The van der Waals surface area contributed by atoms with Gasteiger partial charge in [0, 0.05) is 24.3 Å². The lowest BCUT2D eigenvalue weighted by Gasteiger charge is -2.16. The molecule has 0 spiro atoms. The third-order valence-electron chi connectivity index (χ3n) is 4.33. The molecule has 1 aromatic heterocycles. The highest BCUT2D eigenvalue weighted by atomic mass is 32.1. The Morgan fingerprint density at radius 3 is 2.64 bits per heavy atom. The van der Waals surface area contributed by atoms with Crippen molar-refractivity contribution in [2.24, 2.45) is 11.8 Å². The highest BCUT2D eigenvalue weighted by Crippen LogP contribution is 2.25. The SMILES string of the molecule is C[C@@H]1CN(C(=O)c2cccc(NC(=O)c3cccs3)c2)C[C@H]1C(=O)O. The highest BCUT2D eigenvalue weighted by Gasteiger charge is 2.37. The number of nitrogens with one attached hydrogen (secondary N) is 1. The molecule has 3 rings (SSSR count). The minimum atomic E-state index is -0.875. The number of hydrogen-bond donors (Lipinski definition) is 2. The van der Waals surface area contributed by atoms with Gasteiger partial charge in [-0.25, -0.2) is 0 Å². The molecule has 2 heterocycles. The Morgan fingerprint density at radius 2 is 2.00 bits per heavy atom. The Morgan fingerprint density at radius 1 is 1.20 bits per heavy atom. The van der Waals surface area contributed by atoms with Crippen LogP contribution >= 0.6 is 11.3 Å². The summed E-state index contributed by atoms with van der Waals surface area (Å²) in [5.74, 6) is -1.93. The van der Waals surface area contributed by atoms with Crippen LogP contribution in [0.1, 0.15) is 27.0 Å². The lowest BCUT2D eigenvalue weighted by atomic mass is 9.99. The van der Waals surface area contributed by atoms with E-state index in [0.29, 0.717) is 22.7 Å². The monoisotopic (exact) mass is 358 g/mol. The second kappa shape index (κ2) is 7.06. The van der Waals surface area contributed by atoms with Crippen LogP contribution in [0.15, 0.2) is 41.8 Å². The molecular formula is C18H18N2O4S. The number of hydrogen-bond acceptors (Lipinski definition) is 4. The van der Waals surface area contributed by atoms with Crippen LogP contribution in [0.4, 0.5) is 5.69 Å². The summed E-state index contributed by atoms with van der Waals surface area (Å²) in [6.45, 7) is 2.46. The predicted octanol–water partition coefficient (Wildman–Crippen LogP) is 2.79. The first-order valence-electron chi connectivity index (χ1n) is 7.92. The molecule has 7 heteroatoms. The maximum atomic E-state index is 12.6. The number of nitrogens with zero attached hydrogens (tertiary/aromatic N) is 1. The number of amides is 2. The Hall–Kier alpha value is -2.67. The molecule has 0 radical (unpaired) electrons. The Kier molecular flexibility index (Phi) is 4.85. The standard InChI is InChI=1S/C18H18N2O4S/c1-11-9-20(10-14(11)18(23)24)17(22)12-4-2-5-13(8-12)19-16(21)15-6-3-7-25-15/h2-8,11,14H,9-10H2,1H3,(H,19,21)(H,23,24)/t11-,14-/m1/s1. The van der Waals surface area contributed by atoms with Gasteiger partial charge in [0.2, 0.25) is 0 Å². The number of thiophene rings is 1. The smallest absolute Gasteiger partial charge is 0.308 e. The van der Waals surface area contributed by atoms with E-state index >= 15 is 0 Å². The van der Waals surface area contributed by atoms with E-state index < -0.39 is 11.9 Å². The molecule has 0 saturated carbocycles. The molecule has 6 nitrogen and oxygen atoms in total. The quantitative estimate of drug-likeness (QED) is 0.880. The number of anilines is 1. The fraction of sp³-hybridized carbons (Fsp3) is 0.278. The van der Waals surface area contributed by atoms with Crippen molar-refractivity contribution in [2.75, 3.05) is 18.4 Å². The second-order valence-corrected chi connectivity index (χ2v) is 7.09. The van der Waals surface area contributed by atoms with Gasteiger partial charge >= 0.3 is 5.97 Å². The van der Waals surface area contributed by atoms with E-state index in [1.807, 2.05) is 12.3 Å². The lowest BCUT2D eigenvalue weighted by molar-refractivity contribution is -0.142. The molecule has 0 aliphatic carbocycles. The van der Waals surface area contributed by atoms with Crippen molar-refractivity contribution >= 4 is 34.8 Å². The number of benzene rings is 1. The van der Waals surface area contributed by atoms with Crippen LogP contribution in [0.25, 0.3) is 0 Å². The number of rotatable bonds is 4. The largest absolute Gasteiger partial charge is 0.481 e. The average Bonchev–Trinajstić information content (AvgIpc) is 3.24. The van der Waals surface area contributed by atoms with Crippen LogP contribution in [0.2, 0.25) is 0 Å². The average molecular weight is 358 g/mol. The van der Waals surface area contributed by atoms with Crippen molar-refractivity contribution < 1.29 is 19.5 Å². The molecular weight excluding hydrogens is 340 g/mol. The number of carbonyl (C=O) groups is 3. The first-order valence-corrected chi connectivity index (χ1v) is 8.80. The summed E-state index contributed by atoms with van der Waals surface area (Å²) in [4.78, 5) is 38.1. The summed E-state index contributed by atoms with van der Waals surface area (Å²) in [5.41, 5.74) is 0.966. The zero-order valence-electron chi connectivity index (χ0n) is 13.6. The van der Waals surface area contributed by atoms with Gasteiger partial charge in [0.1, 0.15) is 0 Å². The van der Waals surface area contributed by atoms with Gasteiger partial charge in [0.15, 0.2) is 0 Å². The number of carbonyl (C=O) groups excluding carboxylic acids is 2. The minimum Gasteiger partial charge on any atom is -0.481 e. The molecule has 0 unspecified atom stereocenters. The molecule has 1 fully saturated rings. The van der Waals surface area contributed by atoms with Crippen LogP contribution in [-0.4, -0.2) is 40.9 Å². The summed E-state index contributed by atoms with van der Waals surface area (Å²) in [6.07, 6.45) is 0. The fourth-order valence-electron chi connectivity index (χ4n) is 2.97. The second-order valence-electron chi connectivity index (χ2n) is 6.14. The highest BCUT2D eigenvalue weighted by molar-refractivity contribution is 7.12. The summed E-state index contributed by atoms with van der Waals surface area (Å²) < 4.78 is 0. The van der Waals surface area contributed by atoms with Gasteiger partial charge in [-0.05, 0) is 35.6 Å². The van der Waals surface area contributed by atoms with E-state index in [-0.39, 0.29) is 24.3 Å². The molecule has 1 saturated heterocycles. The molecule has 2 atom stereocenters. The van der Waals surface area contributed by atoms with Gasteiger partial charge in [-0.3, -0.25) is 14.4 Å². The van der Waals surface area contributed by atoms with Crippen molar-refractivity contribution in [3.8, 4) is 0 Å².